The fourth-order valence-electron chi connectivity index (χ4n) is 2.24. The largest absolute Gasteiger partial charge is 0.356 e. The van der Waals surface area contributed by atoms with Crippen molar-refractivity contribution < 1.29 is 14.2 Å². The first-order chi connectivity index (χ1) is 6.72. The van der Waals surface area contributed by atoms with Gasteiger partial charge in [0.15, 0.2) is 6.29 Å². The minimum absolute atomic E-state index is 0.0937. The van der Waals surface area contributed by atoms with Crippen molar-refractivity contribution in [3.8, 4) is 0 Å². The Morgan fingerprint density at radius 2 is 2.29 bits per heavy atom. The van der Waals surface area contributed by atoms with E-state index < -0.39 is 0 Å². The Kier molecular flexibility index (Phi) is 3.07. The Labute approximate surface area is 85.1 Å². The molecule has 0 aromatic carbocycles. The normalized spacial score (nSPS) is 43.9. The van der Waals surface area contributed by atoms with Crippen LogP contribution in [0.2, 0.25) is 0 Å². The molecule has 0 aromatic heterocycles. The average molecular weight is 201 g/mol. The van der Waals surface area contributed by atoms with Crippen LogP contribution in [-0.4, -0.2) is 49.8 Å². The van der Waals surface area contributed by atoms with Crippen molar-refractivity contribution in [2.45, 2.75) is 44.8 Å². The molecule has 2 rings (SSSR count). The molecule has 2 aliphatic rings. The minimum Gasteiger partial charge on any atom is -0.356 e. The molecule has 4 atom stereocenters. The molecule has 4 heteroatoms. The molecule has 2 aliphatic heterocycles. The van der Waals surface area contributed by atoms with Gasteiger partial charge in [0.25, 0.3) is 0 Å². The van der Waals surface area contributed by atoms with Gasteiger partial charge in [-0.15, -0.1) is 0 Å². The van der Waals surface area contributed by atoms with Crippen LogP contribution in [-0.2, 0) is 14.2 Å². The SMILES string of the molecule is CCO[C@H]1O[C@H](C)C[C@H]2[C@H]1OCN2C. The summed E-state index contributed by atoms with van der Waals surface area (Å²) in [5, 5.41) is 0. The molecule has 2 fully saturated rings. The van der Waals surface area contributed by atoms with E-state index in [1.54, 1.807) is 0 Å². The molecule has 0 amide bonds. The molecule has 2 heterocycles. The number of ether oxygens (including phenoxy) is 3. The van der Waals surface area contributed by atoms with E-state index in [1.807, 2.05) is 6.92 Å². The van der Waals surface area contributed by atoms with E-state index in [0.29, 0.717) is 19.4 Å². The van der Waals surface area contributed by atoms with Gasteiger partial charge in [0.1, 0.15) is 6.10 Å². The number of fused-ring (bicyclic) bond motifs is 1. The topological polar surface area (TPSA) is 30.9 Å². The summed E-state index contributed by atoms with van der Waals surface area (Å²) < 4.78 is 16.9. The van der Waals surface area contributed by atoms with Crippen LogP contribution < -0.4 is 0 Å². The highest BCUT2D eigenvalue weighted by molar-refractivity contribution is 4.90. The third-order valence-corrected chi connectivity index (χ3v) is 2.96. The highest BCUT2D eigenvalue weighted by Gasteiger charge is 2.44. The summed E-state index contributed by atoms with van der Waals surface area (Å²) in [6.07, 6.45) is 1.21. The summed E-state index contributed by atoms with van der Waals surface area (Å²) in [5.74, 6) is 0. The van der Waals surface area contributed by atoms with E-state index in [9.17, 15) is 0 Å². The van der Waals surface area contributed by atoms with Crippen LogP contribution in [0.15, 0.2) is 0 Å². The zero-order valence-corrected chi connectivity index (χ0v) is 9.10. The van der Waals surface area contributed by atoms with Gasteiger partial charge in [-0.3, -0.25) is 4.90 Å². The smallest absolute Gasteiger partial charge is 0.185 e. The van der Waals surface area contributed by atoms with Gasteiger partial charge in [-0.1, -0.05) is 0 Å². The molecule has 0 saturated carbocycles. The highest BCUT2D eigenvalue weighted by atomic mass is 16.7. The number of nitrogens with zero attached hydrogens (tertiary/aromatic N) is 1. The van der Waals surface area contributed by atoms with Gasteiger partial charge >= 0.3 is 0 Å². The third-order valence-electron chi connectivity index (χ3n) is 2.96. The Morgan fingerprint density at radius 3 is 3.00 bits per heavy atom. The summed E-state index contributed by atoms with van der Waals surface area (Å²) in [5.41, 5.74) is 0. The average Bonchev–Trinajstić information content (AvgIpc) is 2.49. The van der Waals surface area contributed by atoms with Gasteiger partial charge in [0.05, 0.1) is 12.8 Å². The van der Waals surface area contributed by atoms with Gasteiger partial charge in [-0.2, -0.15) is 0 Å². The zero-order chi connectivity index (χ0) is 10.1. The number of likely N-dealkylation sites (N-methyl/N-ethyl adjacent to an activating group) is 1. The molecular formula is C10H19NO3. The van der Waals surface area contributed by atoms with Crippen molar-refractivity contribution in [2.24, 2.45) is 0 Å². The Bertz CT molecular complexity index is 200. The van der Waals surface area contributed by atoms with Crippen LogP contribution in [0.5, 0.6) is 0 Å². The van der Waals surface area contributed by atoms with Gasteiger partial charge in [0, 0.05) is 12.6 Å². The molecule has 0 bridgehead atoms. The van der Waals surface area contributed by atoms with Crippen LogP contribution >= 0.6 is 0 Å². The molecule has 0 aromatic rings. The molecule has 0 spiro atoms. The Hall–Kier alpha value is -0.160. The van der Waals surface area contributed by atoms with Crippen molar-refractivity contribution >= 4 is 0 Å². The second kappa shape index (κ2) is 4.14. The monoisotopic (exact) mass is 201 g/mol. The molecule has 0 radical (unpaired) electrons. The van der Waals surface area contributed by atoms with Crippen molar-refractivity contribution in [1.29, 1.82) is 0 Å². The van der Waals surface area contributed by atoms with E-state index in [1.165, 1.54) is 0 Å². The first-order valence-corrected chi connectivity index (χ1v) is 5.31. The second-order valence-corrected chi connectivity index (χ2v) is 4.09. The van der Waals surface area contributed by atoms with E-state index in [0.717, 1.165) is 6.42 Å². The number of rotatable bonds is 2. The fourth-order valence-corrected chi connectivity index (χ4v) is 2.24. The third kappa shape index (κ3) is 1.80. The Morgan fingerprint density at radius 1 is 1.50 bits per heavy atom. The minimum atomic E-state index is -0.182. The molecule has 0 aliphatic carbocycles. The standard InChI is InChI=1S/C10H19NO3/c1-4-12-10-9-8(5-7(2)14-10)11(3)6-13-9/h7-10H,4-6H2,1-3H3/t7-,8+,9-,10+/m1/s1. The van der Waals surface area contributed by atoms with Crippen molar-refractivity contribution in [1.82, 2.24) is 4.90 Å². The lowest BCUT2D eigenvalue weighted by Crippen LogP contribution is -2.50. The molecule has 82 valence electrons. The predicted octanol–water partition coefficient (Wildman–Crippen LogP) is 0.814. The number of hydrogen-bond donors (Lipinski definition) is 0. The van der Waals surface area contributed by atoms with E-state index in [-0.39, 0.29) is 18.5 Å². The second-order valence-electron chi connectivity index (χ2n) is 4.09. The predicted molar refractivity (Wildman–Crippen MR) is 51.9 cm³/mol. The van der Waals surface area contributed by atoms with Gasteiger partial charge in [-0.05, 0) is 27.3 Å². The molecule has 2 saturated heterocycles. The van der Waals surface area contributed by atoms with Crippen molar-refractivity contribution in [3.05, 3.63) is 0 Å². The molecule has 0 N–H and O–H groups in total. The lowest BCUT2D eigenvalue weighted by Gasteiger charge is -2.37. The maximum atomic E-state index is 5.72. The van der Waals surface area contributed by atoms with Crippen LogP contribution in [0.3, 0.4) is 0 Å². The van der Waals surface area contributed by atoms with Gasteiger partial charge in [-0.25, -0.2) is 0 Å². The highest BCUT2D eigenvalue weighted by Crippen LogP contribution is 2.30. The summed E-state index contributed by atoms with van der Waals surface area (Å²) in [6, 6.07) is 0.454. The first-order valence-electron chi connectivity index (χ1n) is 5.31. The van der Waals surface area contributed by atoms with Crippen LogP contribution in [0.1, 0.15) is 20.3 Å². The van der Waals surface area contributed by atoms with Crippen LogP contribution in [0.4, 0.5) is 0 Å². The van der Waals surface area contributed by atoms with Crippen molar-refractivity contribution in [2.75, 3.05) is 20.4 Å². The number of hydrogen-bond acceptors (Lipinski definition) is 4. The maximum absolute atomic E-state index is 5.72. The summed E-state index contributed by atoms with van der Waals surface area (Å²) in [7, 11) is 2.09. The maximum Gasteiger partial charge on any atom is 0.185 e. The molecular weight excluding hydrogens is 182 g/mol. The summed E-state index contributed by atoms with van der Waals surface area (Å²) in [4.78, 5) is 2.23. The lowest BCUT2D eigenvalue weighted by atomic mass is 10.0. The quantitative estimate of drug-likeness (QED) is 0.661. The van der Waals surface area contributed by atoms with E-state index in [4.69, 9.17) is 14.2 Å². The fraction of sp³-hybridized carbons (Fsp3) is 1.00. The molecule has 14 heavy (non-hydrogen) atoms. The lowest BCUT2D eigenvalue weighted by molar-refractivity contribution is -0.237. The summed E-state index contributed by atoms with van der Waals surface area (Å²) in [6.45, 7) is 5.44. The van der Waals surface area contributed by atoms with Crippen LogP contribution in [0.25, 0.3) is 0 Å². The first kappa shape index (κ1) is 10.4. The molecule has 0 unspecified atom stereocenters. The Balaban J connectivity index is 2.04. The van der Waals surface area contributed by atoms with Crippen LogP contribution in [0, 0.1) is 0 Å². The van der Waals surface area contributed by atoms with E-state index in [2.05, 4.69) is 18.9 Å². The van der Waals surface area contributed by atoms with Crippen molar-refractivity contribution in [3.63, 3.8) is 0 Å². The summed E-state index contributed by atoms with van der Waals surface area (Å²) >= 11 is 0. The van der Waals surface area contributed by atoms with Gasteiger partial charge < -0.3 is 14.2 Å². The zero-order valence-electron chi connectivity index (χ0n) is 9.10. The van der Waals surface area contributed by atoms with Gasteiger partial charge in [0.2, 0.25) is 0 Å². The molecule has 4 nitrogen and oxygen atoms in total. The van der Waals surface area contributed by atoms with E-state index >= 15 is 0 Å².